The van der Waals surface area contributed by atoms with Crippen LogP contribution in [0.15, 0.2) is 58.3 Å². The van der Waals surface area contributed by atoms with Crippen LogP contribution in [0.3, 0.4) is 0 Å². The number of unbranched alkanes of at least 4 members (excludes halogenated alkanes) is 7. The molecule has 0 aliphatic rings. The monoisotopic (exact) mass is 488 g/mol. The standard InChI is InChI=1S/C25H36N4O4S/c1-3-4-5-6-7-8-9-10-19-27-25(31)29-21-13-17-23(18-14-21)34(32,33)22-15-11-20(12-16-22)28-24(30)26-2/h11-18H,3-10,19H2,1-2H3,(H2,26,28,30)(H2,27,29,31). The molecule has 2 aromatic carbocycles. The van der Waals surface area contributed by atoms with Gasteiger partial charge in [-0.25, -0.2) is 18.0 Å². The molecule has 34 heavy (non-hydrogen) atoms. The van der Waals surface area contributed by atoms with Gasteiger partial charge in [0.2, 0.25) is 9.84 Å². The summed E-state index contributed by atoms with van der Waals surface area (Å²) in [5.74, 6) is 0. The van der Waals surface area contributed by atoms with E-state index >= 15 is 0 Å². The highest BCUT2D eigenvalue weighted by molar-refractivity contribution is 7.91. The molecule has 0 atom stereocenters. The fourth-order valence-corrected chi connectivity index (χ4v) is 4.66. The molecule has 0 heterocycles. The van der Waals surface area contributed by atoms with Gasteiger partial charge in [-0.3, -0.25) is 0 Å². The number of amides is 4. The Labute approximate surface area is 202 Å². The number of carbonyl (C=O) groups excluding carboxylic acids is 2. The van der Waals surface area contributed by atoms with Gasteiger partial charge in [-0.1, -0.05) is 51.9 Å². The Morgan fingerprint density at radius 3 is 1.59 bits per heavy atom. The molecule has 0 aliphatic heterocycles. The van der Waals surface area contributed by atoms with Crippen molar-refractivity contribution in [3.8, 4) is 0 Å². The molecule has 4 amide bonds. The molecule has 9 heteroatoms. The van der Waals surface area contributed by atoms with E-state index in [4.69, 9.17) is 0 Å². The second kappa shape index (κ2) is 14.2. The summed E-state index contributed by atoms with van der Waals surface area (Å²) in [6.07, 6.45) is 9.63. The molecule has 2 aromatic rings. The summed E-state index contributed by atoms with van der Waals surface area (Å²) < 4.78 is 25.7. The normalized spacial score (nSPS) is 11.0. The molecule has 0 unspecified atom stereocenters. The van der Waals surface area contributed by atoms with Crippen LogP contribution in [0, 0.1) is 0 Å². The van der Waals surface area contributed by atoms with E-state index in [1.165, 1.54) is 82.0 Å². The molecule has 0 fully saturated rings. The van der Waals surface area contributed by atoms with Gasteiger partial charge >= 0.3 is 12.1 Å². The molecule has 8 nitrogen and oxygen atoms in total. The number of hydrogen-bond acceptors (Lipinski definition) is 4. The maximum atomic E-state index is 12.9. The first-order chi connectivity index (χ1) is 16.4. The minimum Gasteiger partial charge on any atom is -0.341 e. The van der Waals surface area contributed by atoms with E-state index in [0.29, 0.717) is 17.9 Å². The average molecular weight is 489 g/mol. The number of sulfone groups is 1. The summed E-state index contributed by atoms with van der Waals surface area (Å²) in [6.45, 7) is 2.82. The first kappa shape index (κ1) is 27.2. The molecule has 4 N–H and O–H groups in total. The van der Waals surface area contributed by atoms with E-state index < -0.39 is 9.84 Å². The van der Waals surface area contributed by atoms with Gasteiger partial charge < -0.3 is 21.3 Å². The maximum Gasteiger partial charge on any atom is 0.319 e. The number of benzene rings is 2. The third-order valence-electron chi connectivity index (χ3n) is 5.39. The molecule has 0 bridgehead atoms. The van der Waals surface area contributed by atoms with E-state index in [2.05, 4.69) is 28.2 Å². The summed E-state index contributed by atoms with van der Waals surface area (Å²) in [5, 5.41) is 10.6. The van der Waals surface area contributed by atoms with Crippen LogP contribution in [-0.4, -0.2) is 34.1 Å². The van der Waals surface area contributed by atoms with Crippen LogP contribution < -0.4 is 21.3 Å². The van der Waals surface area contributed by atoms with Crippen molar-refractivity contribution in [2.24, 2.45) is 0 Å². The number of hydrogen-bond donors (Lipinski definition) is 4. The molecule has 0 saturated carbocycles. The Bertz CT molecular complexity index is 1010. The second-order valence-electron chi connectivity index (χ2n) is 8.11. The smallest absolute Gasteiger partial charge is 0.319 e. The fourth-order valence-electron chi connectivity index (χ4n) is 3.40. The van der Waals surface area contributed by atoms with Gasteiger partial charge in [-0.05, 0) is 55.0 Å². The van der Waals surface area contributed by atoms with Crippen molar-refractivity contribution >= 4 is 33.3 Å². The Morgan fingerprint density at radius 2 is 1.12 bits per heavy atom. The van der Waals surface area contributed by atoms with Crippen LogP contribution in [0.4, 0.5) is 21.0 Å². The zero-order chi connectivity index (χ0) is 24.8. The molecule has 186 valence electrons. The largest absolute Gasteiger partial charge is 0.341 e. The third-order valence-corrected chi connectivity index (χ3v) is 7.17. The molecule has 0 radical (unpaired) electrons. The van der Waals surface area contributed by atoms with Crippen molar-refractivity contribution in [1.29, 1.82) is 0 Å². The van der Waals surface area contributed by atoms with Gasteiger partial charge in [0.05, 0.1) is 9.79 Å². The minimum absolute atomic E-state index is 0.110. The lowest BCUT2D eigenvalue weighted by Crippen LogP contribution is -2.29. The van der Waals surface area contributed by atoms with Crippen LogP contribution in [0.2, 0.25) is 0 Å². The van der Waals surface area contributed by atoms with Crippen molar-refractivity contribution in [3.63, 3.8) is 0 Å². The Morgan fingerprint density at radius 1 is 0.676 bits per heavy atom. The molecule has 0 aromatic heterocycles. The van der Waals surface area contributed by atoms with Crippen molar-refractivity contribution in [2.45, 2.75) is 68.1 Å². The van der Waals surface area contributed by atoms with Crippen molar-refractivity contribution in [2.75, 3.05) is 24.2 Å². The van der Waals surface area contributed by atoms with E-state index in [9.17, 15) is 18.0 Å². The summed E-state index contributed by atoms with van der Waals surface area (Å²) in [4.78, 5) is 23.7. The van der Waals surface area contributed by atoms with Gasteiger partial charge in [0.15, 0.2) is 0 Å². The zero-order valence-electron chi connectivity index (χ0n) is 20.0. The number of anilines is 2. The topological polar surface area (TPSA) is 116 Å². The number of nitrogens with one attached hydrogen (secondary N) is 4. The minimum atomic E-state index is -3.72. The van der Waals surface area contributed by atoms with Crippen LogP contribution in [0.1, 0.15) is 58.3 Å². The molecule has 0 saturated heterocycles. The zero-order valence-corrected chi connectivity index (χ0v) is 20.8. The van der Waals surface area contributed by atoms with Gasteiger partial charge in [-0.2, -0.15) is 0 Å². The first-order valence-corrected chi connectivity index (χ1v) is 13.3. The van der Waals surface area contributed by atoms with Gasteiger partial charge in [-0.15, -0.1) is 0 Å². The Kier molecular flexibility index (Phi) is 11.4. The fraction of sp³-hybridized carbons (Fsp3) is 0.440. The quantitative estimate of drug-likeness (QED) is 0.277. The highest BCUT2D eigenvalue weighted by Crippen LogP contribution is 2.23. The summed E-state index contributed by atoms with van der Waals surface area (Å²) in [6, 6.07) is 11.3. The lowest BCUT2D eigenvalue weighted by atomic mass is 10.1. The Balaban J connectivity index is 1.79. The molecular weight excluding hydrogens is 452 g/mol. The summed E-state index contributed by atoms with van der Waals surface area (Å²) in [7, 11) is -2.23. The van der Waals surface area contributed by atoms with Gasteiger partial charge in [0, 0.05) is 25.0 Å². The highest BCUT2D eigenvalue weighted by atomic mass is 32.2. The number of rotatable bonds is 13. The van der Waals surface area contributed by atoms with Gasteiger partial charge in [0.25, 0.3) is 0 Å². The van der Waals surface area contributed by atoms with E-state index in [1.807, 2.05) is 0 Å². The number of urea groups is 2. The van der Waals surface area contributed by atoms with Crippen molar-refractivity contribution in [3.05, 3.63) is 48.5 Å². The SMILES string of the molecule is CCCCCCCCCCNC(=O)Nc1ccc(S(=O)(=O)c2ccc(NC(=O)NC)cc2)cc1. The molecule has 0 aliphatic carbocycles. The van der Waals surface area contributed by atoms with Crippen LogP contribution in [0.5, 0.6) is 0 Å². The van der Waals surface area contributed by atoms with Crippen molar-refractivity contribution < 1.29 is 18.0 Å². The highest BCUT2D eigenvalue weighted by Gasteiger charge is 2.17. The van der Waals surface area contributed by atoms with Crippen LogP contribution >= 0.6 is 0 Å². The van der Waals surface area contributed by atoms with E-state index in [-0.39, 0.29) is 21.9 Å². The predicted molar refractivity (Wildman–Crippen MR) is 136 cm³/mol. The van der Waals surface area contributed by atoms with E-state index in [0.717, 1.165) is 12.8 Å². The molecule has 0 spiro atoms. The second-order valence-corrected chi connectivity index (χ2v) is 10.1. The predicted octanol–water partition coefficient (Wildman–Crippen LogP) is 5.53. The maximum absolute atomic E-state index is 12.9. The number of carbonyl (C=O) groups is 2. The Hall–Kier alpha value is -3.07. The first-order valence-electron chi connectivity index (χ1n) is 11.9. The average Bonchev–Trinajstić information content (AvgIpc) is 2.83. The lowest BCUT2D eigenvalue weighted by molar-refractivity contribution is 0.251. The van der Waals surface area contributed by atoms with Gasteiger partial charge in [0.1, 0.15) is 0 Å². The lowest BCUT2D eigenvalue weighted by Gasteiger charge is -2.10. The van der Waals surface area contributed by atoms with E-state index in [1.54, 1.807) is 12.1 Å². The van der Waals surface area contributed by atoms with Crippen LogP contribution in [0.25, 0.3) is 0 Å². The molecular formula is C25H36N4O4S. The summed E-state index contributed by atoms with van der Waals surface area (Å²) >= 11 is 0. The van der Waals surface area contributed by atoms with Crippen molar-refractivity contribution in [1.82, 2.24) is 10.6 Å². The van der Waals surface area contributed by atoms with Crippen LogP contribution in [-0.2, 0) is 9.84 Å². The summed E-state index contributed by atoms with van der Waals surface area (Å²) in [5.41, 5.74) is 0.994. The molecule has 2 rings (SSSR count). The third kappa shape index (κ3) is 9.05.